The van der Waals surface area contributed by atoms with Crippen LogP contribution in [0.5, 0.6) is 0 Å². The summed E-state index contributed by atoms with van der Waals surface area (Å²) in [4.78, 5) is 6.85. The molecule has 17 heavy (non-hydrogen) atoms. The van der Waals surface area contributed by atoms with E-state index in [9.17, 15) is 0 Å². The average Bonchev–Trinajstić information content (AvgIpc) is 2.86. The number of rotatable bonds is 5. The van der Waals surface area contributed by atoms with Gasteiger partial charge in [-0.05, 0) is 12.8 Å². The van der Waals surface area contributed by atoms with Crippen LogP contribution in [0.3, 0.4) is 0 Å². The molecule has 1 aliphatic heterocycles. The van der Waals surface area contributed by atoms with Crippen LogP contribution >= 0.6 is 27.5 Å². The van der Waals surface area contributed by atoms with Crippen LogP contribution in [-0.4, -0.2) is 40.5 Å². The molecule has 0 aromatic carbocycles. The third kappa shape index (κ3) is 3.63. The van der Waals surface area contributed by atoms with E-state index in [2.05, 4.69) is 37.1 Å². The molecular weight excluding hydrogens is 302 g/mol. The van der Waals surface area contributed by atoms with E-state index in [0.29, 0.717) is 6.10 Å². The van der Waals surface area contributed by atoms with E-state index in [4.69, 9.17) is 4.74 Å². The van der Waals surface area contributed by atoms with Gasteiger partial charge in [0.15, 0.2) is 0 Å². The Hall–Kier alpha value is -0.200. The third-order valence-electron chi connectivity index (χ3n) is 2.92. The van der Waals surface area contributed by atoms with Crippen molar-refractivity contribution in [1.29, 1.82) is 0 Å². The summed E-state index contributed by atoms with van der Waals surface area (Å²) in [6.45, 7) is 4.96. The number of aromatic nitrogens is 2. The van der Waals surface area contributed by atoms with E-state index in [0.717, 1.165) is 55.2 Å². The first-order valence-electron chi connectivity index (χ1n) is 6.08. The van der Waals surface area contributed by atoms with Crippen LogP contribution in [0.1, 0.15) is 25.6 Å². The molecule has 1 fully saturated rings. The molecule has 0 saturated carbocycles. The van der Waals surface area contributed by atoms with Gasteiger partial charge in [-0.25, -0.2) is 4.98 Å². The zero-order chi connectivity index (χ0) is 12.1. The molecule has 2 heterocycles. The van der Waals surface area contributed by atoms with Gasteiger partial charge in [0, 0.05) is 36.4 Å². The quantitative estimate of drug-likeness (QED) is 0.781. The van der Waals surface area contributed by atoms with Gasteiger partial charge in [0.1, 0.15) is 5.82 Å². The summed E-state index contributed by atoms with van der Waals surface area (Å²) in [6, 6.07) is 0. The van der Waals surface area contributed by atoms with Crippen molar-refractivity contribution in [2.75, 3.05) is 29.9 Å². The van der Waals surface area contributed by atoms with Crippen molar-refractivity contribution in [1.82, 2.24) is 9.36 Å². The molecular formula is C11H18BrN3OS. The topological polar surface area (TPSA) is 38.2 Å². The third-order valence-corrected chi connectivity index (χ3v) is 4.06. The number of anilines is 1. The standard InChI is InChI=1S/C11H18BrN3OS/c1-2-10-13-11(17-14-10)15-6-3-9(4-7-15)16-8-5-12/h9H,2-8H2,1H3. The zero-order valence-corrected chi connectivity index (χ0v) is 12.5. The summed E-state index contributed by atoms with van der Waals surface area (Å²) in [7, 11) is 0. The monoisotopic (exact) mass is 319 g/mol. The maximum absolute atomic E-state index is 5.74. The average molecular weight is 320 g/mol. The largest absolute Gasteiger partial charge is 0.377 e. The van der Waals surface area contributed by atoms with Crippen molar-refractivity contribution in [3.63, 3.8) is 0 Å². The van der Waals surface area contributed by atoms with Gasteiger partial charge in [-0.3, -0.25) is 0 Å². The maximum atomic E-state index is 5.74. The van der Waals surface area contributed by atoms with E-state index in [1.807, 2.05) is 0 Å². The molecule has 0 unspecified atom stereocenters. The summed E-state index contributed by atoms with van der Waals surface area (Å²) in [5.41, 5.74) is 0. The number of hydrogen-bond acceptors (Lipinski definition) is 5. The molecule has 0 amide bonds. The Morgan fingerprint density at radius 3 is 2.82 bits per heavy atom. The predicted molar refractivity (Wildman–Crippen MR) is 74.3 cm³/mol. The number of piperidine rings is 1. The van der Waals surface area contributed by atoms with Gasteiger partial charge in [-0.2, -0.15) is 4.37 Å². The molecule has 1 aliphatic rings. The molecule has 4 nitrogen and oxygen atoms in total. The van der Waals surface area contributed by atoms with E-state index in [1.165, 1.54) is 11.5 Å². The smallest absolute Gasteiger partial charge is 0.205 e. The molecule has 96 valence electrons. The highest BCUT2D eigenvalue weighted by molar-refractivity contribution is 9.09. The first-order chi connectivity index (χ1) is 8.33. The highest BCUT2D eigenvalue weighted by Crippen LogP contribution is 2.23. The van der Waals surface area contributed by atoms with E-state index < -0.39 is 0 Å². The zero-order valence-electron chi connectivity index (χ0n) is 10.1. The minimum absolute atomic E-state index is 0.419. The lowest BCUT2D eigenvalue weighted by Crippen LogP contribution is -2.37. The number of nitrogens with zero attached hydrogens (tertiary/aromatic N) is 3. The molecule has 1 aromatic rings. The number of ether oxygens (including phenoxy) is 1. The fraction of sp³-hybridized carbons (Fsp3) is 0.818. The lowest BCUT2D eigenvalue weighted by atomic mass is 10.1. The second kappa shape index (κ2) is 6.66. The second-order valence-corrected chi connectivity index (χ2v) is 5.62. The number of aryl methyl sites for hydroxylation is 1. The molecule has 6 heteroatoms. The summed E-state index contributed by atoms with van der Waals surface area (Å²) < 4.78 is 10.1. The first kappa shape index (κ1) is 13.2. The van der Waals surface area contributed by atoms with Crippen molar-refractivity contribution in [3.8, 4) is 0 Å². The maximum Gasteiger partial charge on any atom is 0.205 e. The predicted octanol–water partition coefficient (Wildman–Crippen LogP) is 2.48. The summed E-state index contributed by atoms with van der Waals surface area (Å²) in [5.74, 6) is 0.961. The summed E-state index contributed by atoms with van der Waals surface area (Å²) >= 11 is 4.90. The van der Waals surface area contributed by atoms with Crippen LogP contribution in [-0.2, 0) is 11.2 Å². The number of hydrogen-bond donors (Lipinski definition) is 0. The van der Waals surface area contributed by atoms with Gasteiger partial charge in [0.2, 0.25) is 5.13 Å². The number of halogens is 1. The van der Waals surface area contributed by atoms with Crippen LogP contribution in [0.15, 0.2) is 0 Å². The Kier molecular flexibility index (Phi) is 5.18. The van der Waals surface area contributed by atoms with Gasteiger partial charge >= 0.3 is 0 Å². The van der Waals surface area contributed by atoms with Crippen LogP contribution in [0.25, 0.3) is 0 Å². The van der Waals surface area contributed by atoms with Gasteiger partial charge in [-0.1, -0.05) is 22.9 Å². The highest BCUT2D eigenvalue weighted by Gasteiger charge is 2.21. The summed E-state index contributed by atoms with van der Waals surface area (Å²) in [6.07, 6.45) is 3.52. The number of alkyl halides is 1. The van der Waals surface area contributed by atoms with Crippen LogP contribution < -0.4 is 4.90 Å². The van der Waals surface area contributed by atoms with Crippen molar-refractivity contribution >= 4 is 32.6 Å². The molecule has 0 N–H and O–H groups in total. The lowest BCUT2D eigenvalue weighted by Gasteiger charge is -2.31. The molecule has 0 spiro atoms. The van der Waals surface area contributed by atoms with Crippen LogP contribution in [0.2, 0.25) is 0 Å². The lowest BCUT2D eigenvalue weighted by molar-refractivity contribution is 0.0481. The van der Waals surface area contributed by atoms with Crippen LogP contribution in [0, 0.1) is 0 Å². The molecule has 0 bridgehead atoms. The van der Waals surface area contributed by atoms with E-state index in [1.54, 1.807) is 0 Å². The first-order valence-corrected chi connectivity index (χ1v) is 7.98. The molecule has 1 saturated heterocycles. The highest BCUT2D eigenvalue weighted by atomic mass is 79.9. The van der Waals surface area contributed by atoms with Crippen molar-refractivity contribution in [3.05, 3.63) is 5.82 Å². The van der Waals surface area contributed by atoms with Crippen LogP contribution in [0.4, 0.5) is 5.13 Å². The Balaban J connectivity index is 1.82. The van der Waals surface area contributed by atoms with Crippen molar-refractivity contribution in [2.24, 2.45) is 0 Å². The second-order valence-electron chi connectivity index (χ2n) is 4.09. The molecule has 2 rings (SSSR count). The van der Waals surface area contributed by atoms with E-state index in [-0.39, 0.29) is 0 Å². The molecule has 1 aromatic heterocycles. The molecule has 0 aliphatic carbocycles. The molecule has 0 atom stereocenters. The molecule has 0 radical (unpaired) electrons. The van der Waals surface area contributed by atoms with E-state index >= 15 is 0 Å². The minimum Gasteiger partial charge on any atom is -0.377 e. The Labute approximate surface area is 115 Å². The fourth-order valence-corrected chi connectivity index (χ4v) is 2.93. The van der Waals surface area contributed by atoms with Gasteiger partial charge in [0.25, 0.3) is 0 Å². The van der Waals surface area contributed by atoms with Crippen molar-refractivity contribution < 1.29 is 4.74 Å². The summed E-state index contributed by atoms with van der Waals surface area (Å²) in [5, 5.41) is 1.99. The Morgan fingerprint density at radius 2 is 2.24 bits per heavy atom. The normalized spacial score (nSPS) is 17.6. The van der Waals surface area contributed by atoms with Gasteiger partial charge in [-0.15, -0.1) is 0 Å². The minimum atomic E-state index is 0.419. The van der Waals surface area contributed by atoms with Crippen molar-refractivity contribution in [2.45, 2.75) is 32.3 Å². The Morgan fingerprint density at radius 1 is 1.47 bits per heavy atom. The van der Waals surface area contributed by atoms with Gasteiger partial charge < -0.3 is 9.64 Å². The Bertz CT molecular complexity index is 339. The van der Waals surface area contributed by atoms with Gasteiger partial charge in [0.05, 0.1) is 12.7 Å². The fourth-order valence-electron chi connectivity index (χ4n) is 1.94. The SMILES string of the molecule is CCc1nsc(N2CCC(OCCBr)CC2)n1.